The number of hydrogen-bond donors (Lipinski definition) is 1. The molecule has 1 N–H and O–H groups in total. The van der Waals surface area contributed by atoms with Crippen molar-refractivity contribution in [2.45, 2.75) is 6.92 Å². The van der Waals surface area contributed by atoms with Gasteiger partial charge in [-0.15, -0.1) is 0 Å². The molecule has 9 heteroatoms. The number of aryl methyl sites for hydroxylation is 1. The fraction of sp³-hybridized carbons (Fsp3) is 0.304. The van der Waals surface area contributed by atoms with Gasteiger partial charge < -0.3 is 24.1 Å². The first kappa shape index (κ1) is 23.0. The maximum absolute atomic E-state index is 12.9. The highest BCUT2D eigenvalue weighted by Gasteiger charge is 2.22. The summed E-state index contributed by atoms with van der Waals surface area (Å²) in [6.45, 7) is 3.56. The van der Waals surface area contributed by atoms with Crippen LogP contribution < -0.4 is 15.8 Å². The van der Waals surface area contributed by atoms with Crippen molar-refractivity contribution in [3.63, 3.8) is 0 Å². The van der Waals surface area contributed by atoms with Crippen LogP contribution in [0.15, 0.2) is 45.6 Å². The van der Waals surface area contributed by atoms with E-state index < -0.39 is 23.3 Å². The van der Waals surface area contributed by atoms with Crippen LogP contribution in [0.25, 0.3) is 6.08 Å². The van der Waals surface area contributed by atoms with Crippen LogP contribution in [0.3, 0.4) is 0 Å². The van der Waals surface area contributed by atoms with E-state index in [4.69, 9.17) is 9.15 Å². The summed E-state index contributed by atoms with van der Waals surface area (Å²) in [6, 6.07) is 8.19. The Bertz CT molecular complexity index is 1100. The van der Waals surface area contributed by atoms with Gasteiger partial charge in [-0.2, -0.15) is 0 Å². The molecule has 32 heavy (non-hydrogen) atoms. The third kappa shape index (κ3) is 5.70. The summed E-state index contributed by atoms with van der Waals surface area (Å²) in [5.74, 6) is -1.10. The molecule has 0 atom stereocenters. The maximum atomic E-state index is 12.9. The zero-order valence-corrected chi connectivity index (χ0v) is 17.9. The minimum absolute atomic E-state index is 0.0410. The fourth-order valence-electron chi connectivity index (χ4n) is 3.24. The van der Waals surface area contributed by atoms with Gasteiger partial charge in [0.15, 0.2) is 5.78 Å². The van der Waals surface area contributed by atoms with E-state index in [1.165, 1.54) is 19.3 Å². The number of anilines is 1. The third-order valence-electron chi connectivity index (χ3n) is 4.85. The Hall–Kier alpha value is -3.72. The molecular formula is C23H24N2O7. The molecule has 2 heterocycles. The molecule has 1 fully saturated rings. The van der Waals surface area contributed by atoms with Crippen molar-refractivity contribution in [3.8, 4) is 0 Å². The summed E-state index contributed by atoms with van der Waals surface area (Å²) in [4.78, 5) is 50.7. The third-order valence-corrected chi connectivity index (χ3v) is 4.85. The van der Waals surface area contributed by atoms with Crippen LogP contribution in [0.2, 0.25) is 0 Å². The van der Waals surface area contributed by atoms with Gasteiger partial charge in [-0.1, -0.05) is 18.2 Å². The first-order chi connectivity index (χ1) is 15.4. The fourth-order valence-corrected chi connectivity index (χ4v) is 3.24. The smallest absolute Gasteiger partial charge is 0.349 e. The summed E-state index contributed by atoms with van der Waals surface area (Å²) in [6.07, 6.45) is 2.79. The van der Waals surface area contributed by atoms with Crippen molar-refractivity contribution in [1.29, 1.82) is 0 Å². The molecule has 0 unspecified atom stereocenters. The minimum Gasteiger partial charge on any atom is -0.468 e. The predicted molar refractivity (Wildman–Crippen MR) is 117 cm³/mol. The molecule has 1 aromatic heterocycles. The number of amides is 1. The number of nitrogens with zero attached hydrogens (tertiary/aromatic N) is 1. The molecule has 1 aromatic carbocycles. The Morgan fingerprint density at radius 2 is 1.94 bits per heavy atom. The van der Waals surface area contributed by atoms with E-state index in [-0.39, 0.29) is 12.1 Å². The SMILES string of the molecule is COC(=O)CNC(=O)c1cccc(C=CC(=O)c2c(N3CCOCC3)cc(C)oc2=O)c1. The number of morpholine rings is 1. The topological polar surface area (TPSA) is 115 Å². The summed E-state index contributed by atoms with van der Waals surface area (Å²) in [7, 11) is 1.23. The van der Waals surface area contributed by atoms with Crippen LogP contribution in [0.1, 0.15) is 32.0 Å². The number of methoxy groups -OCH3 is 1. The molecule has 1 amide bonds. The normalized spacial score (nSPS) is 13.8. The summed E-state index contributed by atoms with van der Waals surface area (Å²) in [5.41, 5.74) is 0.672. The van der Waals surface area contributed by atoms with Crippen molar-refractivity contribution in [2.24, 2.45) is 0 Å². The molecule has 0 radical (unpaired) electrons. The average molecular weight is 440 g/mol. The monoisotopic (exact) mass is 440 g/mol. The van der Waals surface area contributed by atoms with Gasteiger partial charge in [0.1, 0.15) is 17.9 Å². The van der Waals surface area contributed by atoms with Gasteiger partial charge in [0, 0.05) is 24.7 Å². The lowest BCUT2D eigenvalue weighted by atomic mass is 10.1. The Kier molecular flexibility index (Phi) is 7.56. The van der Waals surface area contributed by atoms with Gasteiger partial charge >= 0.3 is 11.6 Å². The summed E-state index contributed by atoms with van der Waals surface area (Å²) in [5, 5.41) is 2.45. The Morgan fingerprint density at radius 1 is 1.19 bits per heavy atom. The quantitative estimate of drug-likeness (QED) is 0.392. The van der Waals surface area contributed by atoms with Crippen LogP contribution in [-0.2, 0) is 14.3 Å². The second-order valence-corrected chi connectivity index (χ2v) is 7.09. The lowest BCUT2D eigenvalue weighted by Crippen LogP contribution is -2.38. The van der Waals surface area contributed by atoms with E-state index in [2.05, 4.69) is 10.1 Å². The lowest BCUT2D eigenvalue weighted by Gasteiger charge is -2.29. The first-order valence-electron chi connectivity index (χ1n) is 10.0. The molecule has 0 bridgehead atoms. The molecule has 1 aliphatic heterocycles. The second-order valence-electron chi connectivity index (χ2n) is 7.09. The molecule has 2 aromatic rings. The molecule has 1 saturated heterocycles. The molecule has 0 aliphatic carbocycles. The Labute approximate surface area is 184 Å². The number of ketones is 1. The average Bonchev–Trinajstić information content (AvgIpc) is 2.81. The highest BCUT2D eigenvalue weighted by molar-refractivity contribution is 6.10. The van der Waals surface area contributed by atoms with Gasteiger partial charge in [0.2, 0.25) is 0 Å². The number of ether oxygens (including phenoxy) is 2. The van der Waals surface area contributed by atoms with Crippen molar-refractivity contribution < 1.29 is 28.3 Å². The van der Waals surface area contributed by atoms with Crippen LogP contribution in [0.5, 0.6) is 0 Å². The van der Waals surface area contributed by atoms with E-state index >= 15 is 0 Å². The van der Waals surface area contributed by atoms with Crippen LogP contribution >= 0.6 is 0 Å². The van der Waals surface area contributed by atoms with Crippen LogP contribution in [0, 0.1) is 6.92 Å². The van der Waals surface area contributed by atoms with Crippen molar-refractivity contribution in [1.82, 2.24) is 5.32 Å². The van der Waals surface area contributed by atoms with Crippen molar-refractivity contribution in [3.05, 3.63) is 69.3 Å². The number of hydrogen-bond acceptors (Lipinski definition) is 8. The Morgan fingerprint density at radius 3 is 2.66 bits per heavy atom. The number of nitrogens with one attached hydrogen (secondary N) is 1. The van der Waals surface area contributed by atoms with E-state index in [9.17, 15) is 19.2 Å². The summed E-state index contributed by atoms with van der Waals surface area (Å²) >= 11 is 0. The second kappa shape index (κ2) is 10.5. The predicted octanol–water partition coefficient (Wildman–Crippen LogP) is 1.58. The molecule has 9 nitrogen and oxygen atoms in total. The molecule has 3 rings (SSSR count). The number of esters is 1. The van der Waals surface area contributed by atoms with Crippen LogP contribution in [0.4, 0.5) is 5.69 Å². The zero-order chi connectivity index (χ0) is 23.1. The number of carbonyl (C=O) groups excluding carboxylic acids is 3. The largest absolute Gasteiger partial charge is 0.468 e. The van der Waals surface area contributed by atoms with E-state index in [0.29, 0.717) is 48.9 Å². The van der Waals surface area contributed by atoms with E-state index in [1.807, 2.05) is 4.90 Å². The number of rotatable bonds is 7. The van der Waals surface area contributed by atoms with Gasteiger partial charge in [-0.25, -0.2) is 4.79 Å². The first-order valence-corrected chi connectivity index (χ1v) is 10.0. The van der Waals surface area contributed by atoms with Crippen molar-refractivity contribution in [2.75, 3.05) is 44.9 Å². The summed E-state index contributed by atoms with van der Waals surface area (Å²) < 4.78 is 15.0. The highest BCUT2D eigenvalue weighted by Crippen LogP contribution is 2.22. The van der Waals surface area contributed by atoms with Gasteiger partial charge in [-0.05, 0) is 30.7 Å². The molecule has 168 valence electrons. The van der Waals surface area contributed by atoms with Crippen molar-refractivity contribution >= 4 is 29.4 Å². The standard InChI is InChI=1S/C23H24N2O7/c1-15-12-18(25-8-10-31-11-9-25)21(23(29)32-15)19(26)7-6-16-4-3-5-17(13-16)22(28)24-14-20(27)30-2/h3-7,12-13H,8-11,14H2,1-2H3,(H,24,28). The molecule has 0 spiro atoms. The Balaban J connectivity index is 1.80. The zero-order valence-electron chi connectivity index (χ0n) is 17.9. The minimum atomic E-state index is -0.697. The van der Waals surface area contributed by atoms with E-state index in [0.717, 1.165) is 0 Å². The van der Waals surface area contributed by atoms with Crippen LogP contribution in [-0.4, -0.2) is 57.6 Å². The van der Waals surface area contributed by atoms with Gasteiger partial charge in [0.25, 0.3) is 5.91 Å². The number of benzene rings is 1. The van der Waals surface area contributed by atoms with Gasteiger partial charge in [-0.3, -0.25) is 14.4 Å². The highest BCUT2D eigenvalue weighted by atomic mass is 16.5. The molecule has 1 aliphatic rings. The number of allylic oxidation sites excluding steroid dienone is 1. The lowest BCUT2D eigenvalue weighted by molar-refractivity contribution is -0.139. The molecular weight excluding hydrogens is 416 g/mol. The number of carbonyl (C=O) groups is 3. The van der Waals surface area contributed by atoms with E-state index in [1.54, 1.807) is 37.3 Å². The maximum Gasteiger partial charge on any atom is 0.349 e. The van der Waals surface area contributed by atoms with Gasteiger partial charge in [0.05, 0.1) is 26.0 Å². The molecule has 0 saturated carbocycles.